The molecule has 0 unspecified atom stereocenters. The van der Waals surface area contributed by atoms with E-state index in [1.165, 1.54) is 6.07 Å². The molecule has 0 aliphatic heterocycles. The first kappa shape index (κ1) is 21.7. The number of aryl methyl sites for hydroxylation is 1. The summed E-state index contributed by atoms with van der Waals surface area (Å²) in [5, 5.41) is 4.27. The van der Waals surface area contributed by atoms with Crippen LogP contribution in [0.5, 0.6) is 5.75 Å². The summed E-state index contributed by atoms with van der Waals surface area (Å²) in [5.41, 5.74) is 5.14. The quantitative estimate of drug-likeness (QED) is 0.742. The SMILES string of the molecule is COc1ccc(C(=O)NNC(=O)c2nn(C)c3c2CCC(C)(C)C3)cc1C(F)(F)F. The molecule has 0 radical (unpaired) electrons. The number of rotatable bonds is 3. The number of nitrogens with zero attached hydrogens (tertiary/aromatic N) is 2. The third-order valence-electron chi connectivity index (χ3n) is 5.24. The van der Waals surface area contributed by atoms with Crippen LogP contribution in [0.2, 0.25) is 0 Å². The highest BCUT2D eigenvalue weighted by Crippen LogP contribution is 2.37. The molecule has 30 heavy (non-hydrogen) atoms. The Morgan fingerprint density at radius 1 is 1.20 bits per heavy atom. The Bertz CT molecular complexity index is 996. The number of fused-ring (bicyclic) bond motifs is 1. The number of amides is 2. The maximum absolute atomic E-state index is 13.1. The van der Waals surface area contributed by atoms with Gasteiger partial charge in [-0.15, -0.1) is 0 Å². The van der Waals surface area contributed by atoms with Crippen molar-refractivity contribution in [3.8, 4) is 5.75 Å². The third-order valence-corrected chi connectivity index (χ3v) is 5.24. The average molecular weight is 424 g/mol. The molecule has 1 aliphatic carbocycles. The van der Waals surface area contributed by atoms with Crippen LogP contribution >= 0.6 is 0 Å². The fourth-order valence-electron chi connectivity index (χ4n) is 3.59. The molecule has 0 atom stereocenters. The monoisotopic (exact) mass is 424 g/mol. The Kier molecular flexibility index (Phi) is 5.53. The molecule has 0 fully saturated rings. The molecule has 2 amide bonds. The molecule has 1 aromatic heterocycles. The smallest absolute Gasteiger partial charge is 0.419 e. The molecule has 0 bridgehead atoms. The summed E-state index contributed by atoms with van der Waals surface area (Å²) in [6.07, 6.45) is -2.34. The normalized spacial score (nSPS) is 15.3. The predicted octanol–water partition coefficient (Wildman–Crippen LogP) is 3.04. The van der Waals surface area contributed by atoms with Gasteiger partial charge in [-0.2, -0.15) is 18.3 Å². The molecule has 0 saturated carbocycles. The molecule has 2 aromatic rings. The van der Waals surface area contributed by atoms with Crippen molar-refractivity contribution in [1.82, 2.24) is 20.6 Å². The van der Waals surface area contributed by atoms with Gasteiger partial charge in [0.1, 0.15) is 5.75 Å². The second kappa shape index (κ2) is 7.66. The topological polar surface area (TPSA) is 85.2 Å². The van der Waals surface area contributed by atoms with Gasteiger partial charge >= 0.3 is 6.18 Å². The Hall–Kier alpha value is -3.04. The second-order valence-corrected chi connectivity index (χ2v) is 8.06. The van der Waals surface area contributed by atoms with E-state index in [0.29, 0.717) is 12.5 Å². The van der Waals surface area contributed by atoms with Gasteiger partial charge < -0.3 is 4.74 Å². The lowest BCUT2D eigenvalue weighted by molar-refractivity contribution is -0.138. The van der Waals surface area contributed by atoms with Gasteiger partial charge in [0.15, 0.2) is 5.69 Å². The van der Waals surface area contributed by atoms with Crippen molar-refractivity contribution in [2.45, 2.75) is 39.3 Å². The van der Waals surface area contributed by atoms with Crippen LogP contribution in [0, 0.1) is 5.41 Å². The Labute approximate surface area is 171 Å². The highest BCUT2D eigenvalue weighted by molar-refractivity contribution is 5.99. The van der Waals surface area contributed by atoms with Crippen LogP contribution in [0.1, 0.15) is 57.9 Å². The third kappa shape index (κ3) is 4.27. The van der Waals surface area contributed by atoms with Crippen LogP contribution in [0.15, 0.2) is 18.2 Å². The fraction of sp³-hybridized carbons (Fsp3) is 0.450. The van der Waals surface area contributed by atoms with Crippen molar-refractivity contribution < 1.29 is 27.5 Å². The van der Waals surface area contributed by atoms with Gasteiger partial charge in [0.2, 0.25) is 0 Å². The van der Waals surface area contributed by atoms with E-state index < -0.39 is 29.3 Å². The predicted molar refractivity (Wildman–Crippen MR) is 102 cm³/mol. The van der Waals surface area contributed by atoms with E-state index >= 15 is 0 Å². The first-order valence-electron chi connectivity index (χ1n) is 9.33. The molecule has 3 rings (SSSR count). The number of carbonyl (C=O) groups is 2. The zero-order valence-electron chi connectivity index (χ0n) is 17.1. The highest BCUT2D eigenvalue weighted by atomic mass is 19.4. The van der Waals surface area contributed by atoms with E-state index in [1.54, 1.807) is 11.7 Å². The van der Waals surface area contributed by atoms with Crippen molar-refractivity contribution in [2.24, 2.45) is 12.5 Å². The molecule has 1 aromatic carbocycles. The van der Waals surface area contributed by atoms with Crippen molar-refractivity contribution in [1.29, 1.82) is 0 Å². The second-order valence-electron chi connectivity index (χ2n) is 8.06. The minimum absolute atomic E-state index is 0.104. The van der Waals surface area contributed by atoms with Crippen LogP contribution in [0.25, 0.3) is 0 Å². The number of hydrogen-bond acceptors (Lipinski definition) is 4. The molecular formula is C20H23F3N4O3. The van der Waals surface area contributed by atoms with Crippen molar-refractivity contribution in [3.63, 3.8) is 0 Å². The van der Waals surface area contributed by atoms with Crippen LogP contribution < -0.4 is 15.6 Å². The van der Waals surface area contributed by atoms with Crippen LogP contribution in [-0.2, 0) is 26.1 Å². The summed E-state index contributed by atoms with van der Waals surface area (Å²) >= 11 is 0. The number of hydrazine groups is 1. The number of hydrogen-bond donors (Lipinski definition) is 2. The van der Waals surface area contributed by atoms with Crippen LogP contribution in [0.3, 0.4) is 0 Å². The lowest BCUT2D eigenvalue weighted by atomic mass is 9.76. The molecule has 1 aliphatic rings. The molecule has 1 heterocycles. The first-order valence-corrected chi connectivity index (χ1v) is 9.33. The Balaban J connectivity index is 1.74. The zero-order valence-corrected chi connectivity index (χ0v) is 17.1. The van der Waals surface area contributed by atoms with E-state index in [1.807, 2.05) is 0 Å². The summed E-state index contributed by atoms with van der Waals surface area (Å²) < 4.78 is 45.8. The van der Waals surface area contributed by atoms with Crippen molar-refractivity contribution >= 4 is 11.8 Å². The Morgan fingerprint density at radius 3 is 2.50 bits per heavy atom. The number of halogens is 3. The number of carbonyl (C=O) groups excluding carboxylic acids is 2. The number of aromatic nitrogens is 2. The fourth-order valence-corrected chi connectivity index (χ4v) is 3.59. The number of alkyl halides is 3. The Morgan fingerprint density at radius 2 is 1.87 bits per heavy atom. The maximum atomic E-state index is 13.1. The number of ether oxygens (including phenoxy) is 1. The molecule has 0 saturated heterocycles. The molecule has 162 valence electrons. The lowest BCUT2D eigenvalue weighted by Gasteiger charge is -2.29. The summed E-state index contributed by atoms with van der Waals surface area (Å²) in [7, 11) is 2.87. The average Bonchev–Trinajstić information content (AvgIpc) is 2.99. The van der Waals surface area contributed by atoms with E-state index in [4.69, 9.17) is 4.74 Å². The van der Waals surface area contributed by atoms with E-state index in [9.17, 15) is 22.8 Å². The minimum Gasteiger partial charge on any atom is -0.496 e. The molecular weight excluding hydrogens is 401 g/mol. The van der Waals surface area contributed by atoms with E-state index in [2.05, 4.69) is 29.8 Å². The highest BCUT2D eigenvalue weighted by Gasteiger charge is 2.35. The molecule has 2 N–H and O–H groups in total. The van der Waals surface area contributed by atoms with Crippen LogP contribution in [-0.4, -0.2) is 28.7 Å². The lowest BCUT2D eigenvalue weighted by Crippen LogP contribution is -2.42. The summed E-state index contributed by atoms with van der Waals surface area (Å²) in [5.74, 6) is -1.90. The summed E-state index contributed by atoms with van der Waals surface area (Å²) in [6.45, 7) is 4.29. The number of methoxy groups -OCH3 is 1. The first-order chi connectivity index (χ1) is 13.9. The largest absolute Gasteiger partial charge is 0.496 e. The van der Waals surface area contributed by atoms with Gasteiger partial charge in [-0.05, 0) is 42.9 Å². The van der Waals surface area contributed by atoms with Gasteiger partial charge in [0, 0.05) is 23.9 Å². The van der Waals surface area contributed by atoms with E-state index in [-0.39, 0.29) is 16.7 Å². The van der Waals surface area contributed by atoms with Gasteiger partial charge in [-0.3, -0.25) is 25.1 Å². The maximum Gasteiger partial charge on any atom is 0.419 e. The number of benzene rings is 1. The van der Waals surface area contributed by atoms with Crippen molar-refractivity contribution in [3.05, 3.63) is 46.3 Å². The standard InChI is InChI=1S/C20H23F3N4O3/c1-19(2)8-7-12-14(10-19)27(3)26-16(12)18(29)25-24-17(28)11-5-6-15(30-4)13(9-11)20(21,22)23/h5-6,9H,7-8,10H2,1-4H3,(H,24,28)(H,25,29). The van der Waals surface area contributed by atoms with Gasteiger partial charge in [0.05, 0.1) is 12.7 Å². The zero-order chi connectivity index (χ0) is 22.3. The molecule has 0 spiro atoms. The van der Waals surface area contributed by atoms with Crippen molar-refractivity contribution in [2.75, 3.05) is 7.11 Å². The summed E-state index contributed by atoms with van der Waals surface area (Å²) in [4.78, 5) is 24.8. The molecule has 7 nitrogen and oxygen atoms in total. The van der Waals surface area contributed by atoms with Gasteiger partial charge in [-0.1, -0.05) is 13.8 Å². The van der Waals surface area contributed by atoms with Gasteiger partial charge in [-0.25, -0.2) is 0 Å². The molecule has 10 heteroatoms. The van der Waals surface area contributed by atoms with E-state index in [0.717, 1.165) is 37.3 Å². The van der Waals surface area contributed by atoms with Gasteiger partial charge in [0.25, 0.3) is 11.8 Å². The number of nitrogens with one attached hydrogen (secondary N) is 2. The minimum atomic E-state index is -4.69. The van der Waals surface area contributed by atoms with Crippen LogP contribution in [0.4, 0.5) is 13.2 Å². The summed E-state index contributed by atoms with van der Waals surface area (Å²) in [6, 6.07) is 2.90.